The summed E-state index contributed by atoms with van der Waals surface area (Å²) in [5, 5.41) is 5.86. The van der Waals surface area contributed by atoms with Gasteiger partial charge >= 0.3 is 0 Å². The Morgan fingerprint density at radius 2 is 2.11 bits per heavy atom. The summed E-state index contributed by atoms with van der Waals surface area (Å²) in [5.74, 6) is 0.646. The van der Waals surface area contributed by atoms with Crippen molar-refractivity contribution >= 4 is 11.6 Å². The van der Waals surface area contributed by atoms with Crippen LogP contribution >= 0.6 is 0 Å². The van der Waals surface area contributed by atoms with Crippen molar-refractivity contribution in [3.63, 3.8) is 0 Å². The van der Waals surface area contributed by atoms with E-state index in [4.69, 9.17) is 4.74 Å². The highest BCUT2D eigenvalue weighted by molar-refractivity contribution is 5.77. The maximum Gasteiger partial charge on any atom is 0.257 e. The van der Waals surface area contributed by atoms with Crippen LogP contribution in [-0.4, -0.2) is 45.7 Å². The minimum atomic E-state index is -0.120. The van der Waals surface area contributed by atoms with Crippen LogP contribution in [-0.2, 0) is 4.79 Å². The number of ether oxygens (including phenoxy) is 1. The van der Waals surface area contributed by atoms with Crippen molar-refractivity contribution in [3.8, 4) is 5.75 Å². The van der Waals surface area contributed by atoms with Gasteiger partial charge < -0.3 is 20.3 Å². The van der Waals surface area contributed by atoms with Crippen LogP contribution in [0.4, 0.5) is 5.69 Å². The van der Waals surface area contributed by atoms with Gasteiger partial charge in [-0.05, 0) is 12.1 Å². The van der Waals surface area contributed by atoms with Crippen LogP contribution in [0.3, 0.4) is 0 Å². The molecule has 18 heavy (non-hydrogen) atoms. The van der Waals surface area contributed by atoms with Gasteiger partial charge in [-0.2, -0.15) is 0 Å². The van der Waals surface area contributed by atoms with Crippen molar-refractivity contribution in [2.24, 2.45) is 0 Å². The largest absolute Gasteiger partial charge is 0.482 e. The number of nitrogens with zero attached hydrogens (tertiary/aromatic N) is 1. The van der Waals surface area contributed by atoms with E-state index in [-0.39, 0.29) is 12.5 Å². The number of para-hydroxylation sites is 2. The van der Waals surface area contributed by atoms with E-state index in [0.29, 0.717) is 0 Å². The molecule has 1 amide bonds. The van der Waals surface area contributed by atoms with Crippen LogP contribution in [0.2, 0.25) is 0 Å². The molecule has 1 saturated heterocycles. The Hall–Kier alpha value is -1.75. The normalized spacial score (nSPS) is 15.3. The lowest BCUT2D eigenvalue weighted by atomic mass is 10.2. The molecule has 0 radical (unpaired) electrons. The molecule has 1 aromatic rings. The number of nitrogens with one attached hydrogen (secondary N) is 2. The van der Waals surface area contributed by atoms with Crippen molar-refractivity contribution in [1.29, 1.82) is 0 Å². The van der Waals surface area contributed by atoms with Gasteiger partial charge in [0.25, 0.3) is 5.91 Å². The number of rotatable bonds is 4. The van der Waals surface area contributed by atoms with Gasteiger partial charge in [-0.1, -0.05) is 12.1 Å². The van der Waals surface area contributed by atoms with Crippen molar-refractivity contribution in [2.45, 2.75) is 0 Å². The number of carbonyl (C=O) groups is 1. The Labute approximate surface area is 107 Å². The Balaban J connectivity index is 2.06. The third kappa shape index (κ3) is 3.13. The molecular weight excluding hydrogens is 230 g/mol. The summed E-state index contributed by atoms with van der Waals surface area (Å²) in [7, 11) is 1.61. The maximum absolute atomic E-state index is 11.2. The Bertz CT molecular complexity index is 403. The Morgan fingerprint density at radius 3 is 2.83 bits per heavy atom. The molecule has 0 saturated carbocycles. The zero-order valence-electron chi connectivity index (χ0n) is 10.6. The molecule has 1 aromatic carbocycles. The van der Waals surface area contributed by atoms with Gasteiger partial charge in [-0.25, -0.2) is 0 Å². The number of benzene rings is 1. The van der Waals surface area contributed by atoms with Crippen LogP contribution in [0.25, 0.3) is 0 Å². The summed E-state index contributed by atoms with van der Waals surface area (Å²) < 4.78 is 5.57. The van der Waals surface area contributed by atoms with E-state index in [1.54, 1.807) is 7.05 Å². The second-order valence-corrected chi connectivity index (χ2v) is 4.17. The summed E-state index contributed by atoms with van der Waals surface area (Å²) in [6, 6.07) is 7.85. The minimum Gasteiger partial charge on any atom is -0.482 e. The van der Waals surface area contributed by atoms with E-state index < -0.39 is 0 Å². The highest BCUT2D eigenvalue weighted by Gasteiger charge is 2.14. The van der Waals surface area contributed by atoms with E-state index in [1.165, 1.54) is 0 Å². The molecule has 0 aromatic heterocycles. The lowest BCUT2D eigenvalue weighted by Crippen LogP contribution is -2.43. The van der Waals surface area contributed by atoms with Gasteiger partial charge in [0, 0.05) is 33.2 Å². The van der Waals surface area contributed by atoms with Gasteiger partial charge in [0.15, 0.2) is 6.61 Å². The van der Waals surface area contributed by atoms with Crippen LogP contribution in [0.5, 0.6) is 5.75 Å². The van der Waals surface area contributed by atoms with E-state index in [0.717, 1.165) is 37.6 Å². The first-order chi connectivity index (χ1) is 8.81. The quantitative estimate of drug-likeness (QED) is 0.801. The van der Waals surface area contributed by atoms with E-state index in [1.807, 2.05) is 24.3 Å². The predicted molar refractivity (Wildman–Crippen MR) is 71.1 cm³/mol. The van der Waals surface area contributed by atoms with Gasteiger partial charge in [-0.3, -0.25) is 4.79 Å². The fourth-order valence-electron chi connectivity index (χ4n) is 1.96. The first-order valence-electron chi connectivity index (χ1n) is 6.19. The number of hydrogen-bond acceptors (Lipinski definition) is 4. The van der Waals surface area contributed by atoms with Crippen LogP contribution in [0.15, 0.2) is 24.3 Å². The Kier molecular flexibility index (Phi) is 4.41. The van der Waals surface area contributed by atoms with E-state index in [9.17, 15) is 4.79 Å². The van der Waals surface area contributed by atoms with Crippen LogP contribution in [0.1, 0.15) is 0 Å². The topological polar surface area (TPSA) is 53.6 Å². The first kappa shape index (κ1) is 12.7. The molecule has 1 heterocycles. The highest BCUT2D eigenvalue weighted by atomic mass is 16.5. The molecule has 1 fully saturated rings. The fraction of sp³-hybridized carbons (Fsp3) is 0.462. The second-order valence-electron chi connectivity index (χ2n) is 4.17. The van der Waals surface area contributed by atoms with Crippen LogP contribution < -0.4 is 20.3 Å². The molecule has 1 aliphatic heterocycles. The van der Waals surface area contributed by atoms with Gasteiger partial charge in [0.2, 0.25) is 0 Å². The zero-order chi connectivity index (χ0) is 12.8. The first-order valence-corrected chi connectivity index (χ1v) is 6.19. The summed E-state index contributed by atoms with van der Waals surface area (Å²) in [5.41, 5.74) is 1.06. The third-order valence-electron chi connectivity index (χ3n) is 2.96. The summed E-state index contributed by atoms with van der Waals surface area (Å²) in [6.45, 7) is 3.92. The monoisotopic (exact) mass is 249 g/mol. The zero-order valence-corrected chi connectivity index (χ0v) is 10.6. The van der Waals surface area contributed by atoms with Crippen molar-refractivity contribution in [2.75, 3.05) is 44.7 Å². The van der Waals surface area contributed by atoms with Crippen molar-refractivity contribution < 1.29 is 9.53 Å². The summed E-state index contributed by atoms with van der Waals surface area (Å²) >= 11 is 0. The molecule has 5 heteroatoms. The lowest BCUT2D eigenvalue weighted by Gasteiger charge is -2.30. The Morgan fingerprint density at radius 1 is 1.39 bits per heavy atom. The fourth-order valence-corrected chi connectivity index (χ4v) is 1.96. The molecule has 0 unspecified atom stereocenters. The average Bonchev–Trinajstić information content (AvgIpc) is 2.46. The molecule has 98 valence electrons. The molecule has 0 aliphatic carbocycles. The van der Waals surface area contributed by atoms with Gasteiger partial charge in [-0.15, -0.1) is 0 Å². The molecule has 0 bridgehead atoms. The second kappa shape index (κ2) is 6.26. The molecule has 2 N–H and O–H groups in total. The predicted octanol–water partition coefficient (Wildman–Crippen LogP) is 0.221. The number of amides is 1. The highest BCUT2D eigenvalue weighted by Crippen LogP contribution is 2.28. The van der Waals surface area contributed by atoms with Crippen molar-refractivity contribution in [3.05, 3.63) is 24.3 Å². The smallest absolute Gasteiger partial charge is 0.257 e. The summed E-state index contributed by atoms with van der Waals surface area (Å²) in [4.78, 5) is 13.5. The number of hydrogen-bond donors (Lipinski definition) is 2. The minimum absolute atomic E-state index is 0.0552. The molecule has 5 nitrogen and oxygen atoms in total. The standard InChI is InChI=1S/C13H19N3O2/c1-14-13(17)10-18-12-5-3-2-4-11(12)16-8-6-15-7-9-16/h2-5,15H,6-10H2,1H3,(H,14,17). The van der Waals surface area contributed by atoms with E-state index in [2.05, 4.69) is 15.5 Å². The van der Waals surface area contributed by atoms with Gasteiger partial charge in [0.1, 0.15) is 5.75 Å². The summed E-state index contributed by atoms with van der Waals surface area (Å²) in [6.07, 6.45) is 0. The molecular formula is C13H19N3O2. The average molecular weight is 249 g/mol. The van der Waals surface area contributed by atoms with Crippen LogP contribution in [0, 0.1) is 0 Å². The molecule has 0 spiro atoms. The van der Waals surface area contributed by atoms with Gasteiger partial charge in [0.05, 0.1) is 5.69 Å². The van der Waals surface area contributed by atoms with E-state index >= 15 is 0 Å². The molecule has 2 rings (SSSR count). The van der Waals surface area contributed by atoms with Crippen molar-refractivity contribution in [1.82, 2.24) is 10.6 Å². The number of piperazine rings is 1. The molecule has 0 atom stereocenters. The molecule has 1 aliphatic rings. The number of anilines is 1. The third-order valence-corrected chi connectivity index (χ3v) is 2.96. The maximum atomic E-state index is 11.2. The number of likely N-dealkylation sites (N-methyl/N-ethyl adjacent to an activating group) is 1. The SMILES string of the molecule is CNC(=O)COc1ccccc1N1CCNCC1. The number of carbonyl (C=O) groups excluding carboxylic acids is 1. The lowest BCUT2D eigenvalue weighted by molar-refractivity contribution is -0.122.